The normalized spacial score (nSPS) is 10.5. The molecular weight excluding hydrogens is 318 g/mol. The van der Waals surface area contributed by atoms with E-state index in [9.17, 15) is 8.78 Å². The molecule has 0 aliphatic heterocycles. The molecule has 2 aromatic rings. The highest BCUT2D eigenvalue weighted by atomic mass is 79.9. The van der Waals surface area contributed by atoms with Gasteiger partial charge in [-0.05, 0) is 31.3 Å². The van der Waals surface area contributed by atoms with Crippen LogP contribution in [0.15, 0.2) is 34.9 Å². The largest absolute Gasteiger partial charge is 0.433 e. The fourth-order valence-corrected chi connectivity index (χ4v) is 1.86. The first-order chi connectivity index (χ1) is 9.11. The summed E-state index contributed by atoms with van der Waals surface area (Å²) >= 11 is 3.13. The molecule has 0 bridgehead atoms. The SMILES string of the molecule is CNCc1ccnc(Oc2ccc(Br)cc2F)c1F. The smallest absolute Gasteiger partial charge is 0.256 e. The fourth-order valence-electron chi connectivity index (χ4n) is 1.52. The Morgan fingerprint density at radius 2 is 2.11 bits per heavy atom. The number of hydrogen-bond acceptors (Lipinski definition) is 3. The minimum atomic E-state index is -0.598. The number of rotatable bonds is 4. The van der Waals surface area contributed by atoms with E-state index in [1.807, 2.05) is 0 Å². The van der Waals surface area contributed by atoms with Crippen LogP contribution in [0.25, 0.3) is 0 Å². The zero-order valence-electron chi connectivity index (χ0n) is 10.1. The Balaban J connectivity index is 2.30. The quantitative estimate of drug-likeness (QED) is 0.930. The van der Waals surface area contributed by atoms with Crippen molar-refractivity contribution in [3.05, 3.63) is 52.1 Å². The van der Waals surface area contributed by atoms with Crippen molar-refractivity contribution in [2.45, 2.75) is 6.54 Å². The van der Waals surface area contributed by atoms with Crippen molar-refractivity contribution in [3.8, 4) is 11.6 Å². The van der Waals surface area contributed by atoms with Gasteiger partial charge in [-0.1, -0.05) is 15.9 Å². The highest BCUT2D eigenvalue weighted by Crippen LogP contribution is 2.28. The van der Waals surface area contributed by atoms with Crippen LogP contribution in [0.5, 0.6) is 11.6 Å². The molecule has 1 aromatic carbocycles. The molecule has 1 heterocycles. The average Bonchev–Trinajstić information content (AvgIpc) is 2.37. The standard InChI is InChI=1S/C13H11BrF2N2O/c1-17-7-8-4-5-18-13(12(8)16)19-11-3-2-9(14)6-10(11)15/h2-6,17H,7H2,1H3. The van der Waals surface area contributed by atoms with Crippen LogP contribution in [0, 0.1) is 11.6 Å². The van der Waals surface area contributed by atoms with E-state index >= 15 is 0 Å². The zero-order valence-corrected chi connectivity index (χ0v) is 11.7. The van der Waals surface area contributed by atoms with Crippen molar-refractivity contribution in [1.82, 2.24) is 10.3 Å². The first kappa shape index (κ1) is 13.9. The summed E-state index contributed by atoms with van der Waals surface area (Å²) in [6.07, 6.45) is 1.42. The number of halogens is 3. The van der Waals surface area contributed by atoms with Crippen molar-refractivity contribution in [2.75, 3.05) is 7.05 Å². The van der Waals surface area contributed by atoms with E-state index in [2.05, 4.69) is 26.2 Å². The van der Waals surface area contributed by atoms with Crippen molar-refractivity contribution >= 4 is 15.9 Å². The minimum Gasteiger partial charge on any atom is -0.433 e. The molecule has 3 nitrogen and oxygen atoms in total. The van der Waals surface area contributed by atoms with Crippen LogP contribution >= 0.6 is 15.9 Å². The summed E-state index contributed by atoms with van der Waals surface area (Å²) in [7, 11) is 1.70. The summed E-state index contributed by atoms with van der Waals surface area (Å²) in [4.78, 5) is 3.78. The Kier molecular flexibility index (Phi) is 4.44. The number of nitrogens with one attached hydrogen (secondary N) is 1. The number of aromatic nitrogens is 1. The van der Waals surface area contributed by atoms with Gasteiger partial charge in [0.05, 0.1) is 0 Å². The third-order valence-corrected chi connectivity index (χ3v) is 2.90. The van der Waals surface area contributed by atoms with Crippen molar-refractivity contribution in [1.29, 1.82) is 0 Å². The molecule has 0 amide bonds. The monoisotopic (exact) mass is 328 g/mol. The van der Waals surface area contributed by atoms with Crippen molar-refractivity contribution in [2.24, 2.45) is 0 Å². The second-order valence-electron chi connectivity index (χ2n) is 3.80. The second-order valence-corrected chi connectivity index (χ2v) is 4.71. The number of nitrogens with zero attached hydrogens (tertiary/aromatic N) is 1. The van der Waals surface area contributed by atoms with Gasteiger partial charge in [-0.3, -0.25) is 0 Å². The maximum absolute atomic E-state index is 14.0. The molecule has 0 fully saturated rings. The van der Waals surface area contributed by atoms with Gasteiger partial charge >= 0.3 is 0 Å². The summed E-state index contributed by atoms with van der Waals surface area (Å²) in [5.41, 5.74) is 0.407. The van der Waals surface area contributed by atoms with Gasteiger partial charge in [0.2, 0.25) is 0 Å². The van der Waals surface area contributed by atoms with E-state index < -0.39 is 11.6 Å². The molecule has 0 saturated heterocycles. The van der Waals surface area contributed by atoms with Gasteiger partial charge < -0.3 is 10.1 Å². The summed E-state index contributed by atoms with van der Waals surface area (Å²) in [6.45, 7) is 0.341. The molecule has 6 heteroatoms. The highest BCUT2D eigenvalue weighted by molar-refractivity contribution is 9.10. The molecule has 0 unspecified atom stereocenters. The lowest BCUT2D eigenvalue weighted by atomic mass is 10.2. The number of hydrogen-bond donors (Lipinski definition) is 1. The van der Waals surface area contributed by atoms with Crippen LogP contribution in [0.4, 0.5) is 8.78 Å². The van der Waals surface area contributed by atoms with E-state index in [0.29, 0.717) is 16.6 Å². The van der Waals surface area contributed by atoms with Crippen molar-refractivity contribution < 1.29 is 13.5 Å². The highest BCUT2D eigenvalue weighted by Gasteiger charge is 2.13. The summed E-state index contributed by atoms with van der Waals surface area (Å²) in [5, 5.41) is 2.83. The third kappa shape index (κ3) is 3.27. The molecular formula is C13H11BrF2N2O. The lowest BCUT2D eigenvalue weighted by Gasteiger charge is -2.09. The van der Waals surface area contributed by atoms with E-state index in [1.54, 1.807) is 13.1 Å². The van der Waals surface area contributed by atoms with Crippen LogP contribution < -0.4 is 10.1 Å². The summed E-state index contributed by atoms with van der Waals surface area (Å²) in [6, 6.07) is 5.79. The maximum atomic E-state index is 14.0. The van der Waals surface area contributed by atoms with Crippen LogP contribution in [0.1, 0.15) is 5.56 Å². The topological polar surface area (TPSA) is 34.2 Å². The number of ether oxygens (including phenoxy) is 1. The molecule has 0 aliphatic carbocycles. The molecule has 1 aromatic heterocycles. The van der Waals surface area contributed by atoms with Crippen LogP contribution in [-0.2, 0) is 6.54 Å². The Morgan fingerprint density at radius 3 is 2.79 bits per heavy atom. The first-order valence-corrected chi connectivity index (χ1v) is 6.32. The van der Waals surface area contributed by atoms with Crippen LogP contribution in [-0.4, -0.2) is 12.0 Å². The Labute approximate surface area is 117 Å². The minimum absolute atomic E-state index is 0.0730. The molecule has 0 aliphatic rings. The van der Waals surface area contributed by atoms with Gasteiger partial charge in [-0.15, -0.1) is 0 Å². The van der Waals surface area contributed by atoms with Crippen LogP contribution in [0.2, 0.25) is 0 Å². The maximum Gasteiger partial charge on any atom is 0.256 e. The zero-order chi connectivity index (χ0) is 13.8. The lowest BCUT2D eigenvalue weighted by Crippen LogP contribution is -2.08. The molecule has 2 rings (SSSR count). The number of pyridine rings is 1. The van der Waals surface area contributed by atoms with Gasteiger partial charge in [-0.2, -0.15) is 0 Å². The molecule has 19 heavy (non-hydrogen) atoms. The average molecular weight is 329 g/mol. The predicted molar refractivity (Wildman–Crippen MR) is 71.1 cm³/mol. The summed E-state index contributed by atoms with van der Waals surface area (Å²) in [5.74, 6) is -1.50. The van der Waals surface area contributed by atoms with Gasteiger partial charge in [0.1, 0.15) is 0 Å². The molecule has 100 valence electrons. The van der Waals surface area contributed by atoms with E-state index in [0.717, 1.165) is 0 Å². The molecule has 0 spiro atoms. The van der Waals surface area contributed by atoms with E-state index in [4.69, 9.17) is 4.74 Å². The van der Waals surface area contributed by atoms with E-state index in [1.165, 1.54) is 24.4 Å². The number of benzene rings is 1. The van der Waals surface area contributed by atoms with Crippen LogP contribution in [0.3, 0.4) is 0 Å². The Bertz CT molecular complexity index is 593. The van der Waals surface area contributed by atoms with Gasteiger partial charge in [0.15, 0.2) is 17.4 Å². The Hall–Kier alpha value is -1.53. The van der Waals surface area contributed by atoms with E-state index in [-0.39, 0.29) is 11.6 Å². The lowest BCUT2D eigenvalue weighted by molar-refractivity contribution is 0.395. The first-order valence-electron chi connectivity index (χ1n) is 5.52. The van der Waals surface area contributed by atoms with Crippen molar-refractivity contribution in [3.63, 3.8) is 0 Å². The third-order valence-electron chi connectivity index (χ3n) is 2.40. The Morgan fingerprint density at radius 1 is 1.32 bits per heavy atom. The second kappa shape index (κ2) is 6.08. The molecule has 0 saturated carbocycles. The fraction of sp³-hybridized carbons (Fsp3) is 0.154. The molecule has 0 atom stereocenters. The van der Waals surface area contributed by atoms with Gasteiger partial charge in [-0.25, -0.2) is 13.8 Å². The molecule has 0 radical (unpaired) electrons. The molecule has 1 N–H and O–H groups in total. The predicted octanol–water partition coefficient (Wildman–Crippen LogP) is 3.63. The summed E-state index contributed by atoms with van der Waals surface area (Å²) < 4.78 is 33.3. The van der Waals surface area contributed by atoms with Gasteiger partial charge in [0, 0.05) is 22.8 Å². The van der Waals surface area contributed by atoms with Gasteiger partial charge in [0.25, 0.3) is 5.88 Å².